The third-order valence-corrected chi connectivity index (χ3v) is 5.68. The molecule has 0 aliphatic rings. The monoisotopic (exact) mass is 504 g/mol. The van der Waals surface area contributed by atoms with E-state index in [1.807, 2.05) is 0 Å². The summed E-state index contributed by atoms with van der Waals surface area (Å²) < 4.78 is 65.7. The number of halogens is 4. The smallest absolute Gasteiger partial charge is 0.450 e. The predicted octanol–water partition coefficient (Wildman–Crippen LogP) is 7.39. The van der Waals surface area contributed by atoms with Gasteiger partial charge in [-0.25, -0.2) is 9.18 Å². The van der Waals surface area contributed by atoms with Crippen LogP contribution >= 0.6 is 0 Å². The Morgan fingerprint density at radius 3 is 2.35 bits per heavy atom. The van der Waals surface area contributed by atoms with Crippen LogP contribution < -0.4 is 10.2 Å². The molecule has 0 amide bonds. The second-order valence-electron chi connectivity index (χ2n) is 8.12. The Balaban J connectivity index is 1.56. The van der Waals surface area contributed by atoms with Crippen LogP contribution in [-0.2, 0) is 11.0 Å². The van der Waals surface area contributed by atoms with E-state index in [-0.39, 0.29) is 22.3 Å². The first-order valence-electron chi connectivity index (χ1n) is 11.0. The minimum atomic E-state index is -4.97. The van der Waals surface area contributed by atoms with Gasteiger partial charge in [-0.1, -0.05) is 54.6 Å². The summed E-state index contributed by atoms with van der Waals surface area (Å²) in [5, 5.41) is 1.04. The van der Waals surface area contributed by atoms with Gasteiger partial charge in [0.25, 0.3) is 0 Å². The van der Waals surface area contributed by atoms with E-state index in [1.54, 1.807) is 36.4 Å². The molecule has 0 atom stereocenters. The Morgan fingerprint density at radius 1 is 0.865 bits per heavy atom. The molecular weight excluding hydrogens is 488 g/mol. The van der Waals surface area contributed by atoms with Crippen molar-refractivity contribution in [1.82, 2.24) is 0 Å². The van der Waals surface area contributed by atoms with Crippen LogP contribution in [0.25, 0.3) is 38.9 Å². The predicted molar refractivity (Wildman–Crippen MR) is 131 cm³/mol. The summed E-state index contributed by atoms with van der Waals surface area (Å²) in [6.07, 6.45) is -2.50. The summed E-state index contributed by atoms with van der Waals surface area (Å²) in [5.41, 5.74) is -1.20. The van der Waals surface area contributed by atoms with Crippen LogP contribution in [0.4, 0.5) is 17.6 Å². The number of carbonyl (C=O) groups excluding carboxylic acids is 1. The normalized spacial score (nSPS) is 11.9. The van der Waals surface area contributed by atoms with Gasteiger partial charge in [0, 0.05) is 12.1 Å². The molecule has 0 radical (unpaired) electrons. The molecule has 0 bridgehead atoms. The van der Waals surface area contributed by atoms with Crippen LogP contribution in [0.3, 0.4) is 0 Å². The van der Waals surface area contributed by atoms with Crippen LogP contribution in [0.5, 0.6) is 5.75 Å². The van der Waals surface area contributed by atoms with Gasteiger partial charge in [0.15, 0.2) is 0 Å². The van der Waals surface area contributed by atoms with Crippen LogP contribution in [0.1, 0.15) is 11.3 Å². The van der Waals surface area contributed by atoms with Gasteiger partial charge in [-0.05, 0) is 52.2 Å². The highest BCUT2D eigenvalue weighted by atomic mass is 19.4. The summed E-state index contributed by atoms with van der Waals surface area (Å²) in [6, 6.07) is 20.5. The van der Waals surface area contributed by atoms with E-state index in [9.17, 15) is 27.2 Å². The van der Waals surface area contributed by atoms with Gasteiger partial charge in [-0.2, -0.15) is 13.2 Å². The van der Waals surface area contributed by atoms with Gasteiger partial charge < -0.3 is 9.15 Å². The Morgan fingerprint density at radius 2 is 1.59 bits per heavy atom. The van der Waals surface area contributed by atoms with Gasteiger partial charge in [0.2, 0.25) is 11.2 Å². The third kappa shape index (κ3) is 4.86. The van der Waals surface area contributed by atoms with Gasteiger partial charge in [0.1, 0.15) is 17.1 Å². The fraction of sp³-hybridized carbons (Fsp3) is 0.0345. The minimum Gasteiger partial charge on any atom is -0.450 e. The Labute approximate surface area is 207 Å². The van der Waals surface area contributed by atoms with Crippen LogP contribution in [-0.4, -0.2) is 5.97 Å². The molecule has 4 aromatic carbocycles. The van der Waals surface area contributed by atoms with Crippen molar-refractivity contribution in [3.8, 4) is 16.9 Å². The molecule has 1 heterocycles. The number of carbonyl (C=O) groups is 1. The quantitative estimate of drug-likeness (QED) is 0.111. The zero-order valence-corrected chi connectivity index (χ0v) is 18.9. The van der Waals surface area contributed by atoms with E-state index >= 15 is 0 Å². The number of fused-ring (bicyclic) bond motifs is 2. The highest BCUT2D eigenvalue weighted by Crippen LogP contribution is 2.39. The Kier molecular flexibility index (Phi) is 6.09. The molecule has 0 aliphatic heterocycles. The Hall–Kier alpha value is -4.72. The second-order valence-corrected chi connectivity index (χ2v) is 8.12. The highest BCUT2D eigenvalue weighted by molar-refractivity contribution is 5.99. The van der Waals surface area contributed by atoms with Gasteiger partial charge in [-0.15, -0.1) is 0 Å². The first kappa shape index (κ1) is 24.0. The lowest BCUT2D eigenvalue weighted by atomic mass is 9.96. The van der Waals surface area contributed by atoms with Crippen molar-refractivity contribution in [3.05, 3.63) is 118 Å². The molecule has 184 valence electrons. The highest BCUT2D eigenvalue weighted by Gasteiger charge is 2.39. The fourth-order valence-electron chi connectivity index (χ4n) is 4.01. The first-order valence-corrected chi connectivity index (χ1v) is 11.0. The number of hydrogen-bond acceptors (Lipinski definition) is 4. The van der Waals surface area contributed by atoms with Crippen molar-refractivity contribution >= 4 is 33.8 Å². The SMILES string of the molecule is O=C(C=Cc1ccc(F)cc1)Oc1ccc2c(=O)c(-c3cccc4ccccc34)c(C(F)(F)F)oc2c1. The van der Waals surface area contributed by atoms with Crippen molar-refractivity contribution in [2.24, 2.45) is 0 Å². The zero-order chi connectivity index (χ0) is 26.2. The molecule has 0 N–H and O–H groups in total. The average molecular weight is 504 g/mol. The maximum Gasteiger partial charge on any atom is 0.450 e. The van der Waals surface area contributed by atoms with E-state index in [0.717, 1.165) is 12.1 Å². The van der Waals surface area contributed by atoms with E-state index in [4.69, 9.17) is 9.15 Å². The summed E-state index contributed by atoms with van der Waals surface area (Å²) in [6.45, 7) is 0. The molecule has 5 rings (SSSR count). The van der Waals surface area contributed by atoms with E-state index in [1.165, 1.54) is 48.5 Å². The van der Waals surface area contributed by atoms with E-state index in [0.29, 0.717) is 16.3 Å². The largest absolute Gasteiger partial charge is 0.450 e. The standard InChI is InChI=1S/C29H16F4O4/c30-19-11-8-17(9-12-19)10-15-25(34)36-20-13-14-23-24(16-20)37-28(29(31,32)33)26(27(23)35)22-7-3-5-18-4-1-2-6-21(18)22/h1-16H. The number of alkyl halides is 3. The maximum atomic E-state index is 14.1. The molecule has 0 saturated carbocycles. The van der Waals surface area contributed by atoms with Crippen molar-refractivity contribution < 1.29 is 31.5 Å². The van der Waals surface area contributed by atoms with Gasteiger partial charge in [0.05, 0.1) is 10.9 Å². The molecule has 4 nitrogen and oxygen atoms in total. The topological polar surface area (TPSA) is 56.5 Å². The van der Waals surface area contributed by atoms with Crippen molar-refractivity contribution in [2.45, 2.75) is 6.18 Å². The number of rotatable bonds is 4. The number of benzene rings is 4. The Bertz CT molecular complexity index is 1730. The van der Waals surface area contributed by atoms with Crippen LogP contribution in [0.2, 0.25) is 0 Å². The summed E-state index contributed by atoms with van der Waals surface area (Å²) >= 11 is 0. The third-order valence-electron chi connectivity index (χ3n) is 5.68. The lowest BCUT2D eigenvalue weighted by Gasteiger charge is -2.14. The molecular formula is C29H16F4O4. The summed E-state index contributed by atoms with van der Waals surface area (Å²) in [5.74, 6) is -2.81. The van der Waals surface area contributed by atoms with Crippen LogP contribution in [0.15, 0.2) is 100 Å². The van der Waals surface area contributed by atoms with Crippen molar-refractivity contribution in [2.75, 3.05) is 0 Å². The van der Waals surface area contributed by atoms with E-state index in [2.05, 4.69) is 0 Å². The summed E-state index contributed by atoms with van der Waals surface area (Å²) in [4.78, 5) is 25.5. The van der Waals surface area contributed by atoms with E-state index < -0.39 is 34.7 Å². The molecule has 0 aliphatic carbocycles. The first-order chi connectivity index (χ1) is 17.7. The second kappa shape index (κ2) is 9.39. The zero-order valence-electron chi connectivity index (χ0n) is 18.9. The average Bonchev–Trinajstić information content (AvgIpc) is 2.87. The molecule has 0 spiro atoms. The molecule has 8 heteroatoms. The molecule has 0 unspecified atom stereocenters. The van der Waals surface area contributed by atoms with Gasteiger partial charge >= 0.3 is 12.1 Å². The lowest BCUT2D eigenvalue weighted by molar-refractivity contribution is -0.152. The lowest BCUT2D eigenvalue weighted by Crippen LogP contribution is -2.16. The number of ether oxygens (including phenoxy) is 1. The summed E-state index contributed by atoms with van der Waals surface area (Å²) in [7, 11) is 0. The molecule has 1 aromatic heterocycles. The number of esters is 1. The fourth-order valence-corrected chi connectivity index (χ4v) is 4.01. The number of hydrogen-bond donors (Lipinski definition) is 0. The molecule has 0 saturated heterocycles. The molecule has 0 fully saturated rings. The van der Waals surface area contributed by atoms with Crippen molar-refractivity contribution in [3.63, 3.8) is 0 Å². The maximum absolute atomic E-state index is 14.1. The molecule has 5 aromatic rings. The molecule has 37 heavy (non-hydrogen) atoms. The minimum absolute atomic E-state index is 0.0995. The van der Waals surface area contributed by atoms with Crippen molar-refractivity contribution in [1.29, 1.82) is 0 Å². The van der Waals surface area contributed by atoms with Crippen LogP contribution in [0, 0.1) is 5.82 Å². The van der Waals surface area contributed by atoms with Gasteiger partial charge in [-0.3, -0.25) is 4.79 Å².